The van der Waals surface area contributed by atoms with Gasteiger partial charge in [0.25, 0.3) is 0 Å². The summed E-state index contributed by atoms with van der Waals surface area (Å²) in [7, 11) is -3.62. The Balaban J connectivity index is 2.24. The van der Waals surface area contributed by atoms with Crippen LogP contribution in [0.1, 0.15) is 37.8 Å². The monoisotopic (exact) mass is 273 g/mol. The Hall–Kier alpha value is -0.920. The average Bonchev–Trinajstić information content (AvgIpc) is 2.77. The Bertz CT molecular complexity index is 503. The van der Waals surface area contributed by atoms with Gasteiger partial charge in [-0.25, -0.2) is 13.1 Å². The number of aliphatic hydroxyl groups excluding tert-OH is 1. The van der Waals surface area contributed by atoms with Crippen molar-refractivity contribution in [2.45, 2.75) is 49.5 Å². The van der Waals surface area contributed by atoms with E-state index in [1.165, 1.54) is 6.20 Å². The van der Waals surface area contributed by atoms with Crippen molar-refractivity contribution in [1.82, 2.24) is 14.9 Å². The summed E-state index contributed by atoms with van der Waals surface area (Å²) in [6.07, 6.45) is 5.62. The second-order valence-corrected chi connectivity index (χ2v) is 6.61. The first-order valence-electron chi connectivity index (χ1n) is 6.14. The Labute approximate surface area is 107 Å². The van der Waals surface area contributed by atoms with Crippen LogP contribution in [-0.4, -0.2) is 35.9 Å². The van der Waals surface area contributed by atoms with E-state index in [1.54, 1.807) is 6.92 Å². The van der Waals surface area contributed by atoms with E-state index in [-0.39, 0.29) is 11.5 Å². The lowest BCUT2D eigenvalue weighted by molar-refractivity contribution is 0.142. The Morgan fingerprint density at radius 3 is 2.61 bits per heavy atom. The molecule has 0 spiro atoms. The minimum atomic E-state index is -3.62. The molecule has 1 heterocycles. The van der Waals surface area contributed by atoms with Crippen molar-refractivity contribution < 1.29 is 13.5 Å². The highest BCUT2D eigenvalue weighted by Crippen LogP contribution is 2.29. The Morgan fingerprint density at radius 1 is 1.44 bits per heavy atom. The molecule has 0 aromatic carbocycles. The molecule has 0 aliphatic heterocycles. The van der Waals surface area contributed by atoms with E-state index in [0.717, 1.165) is 19.3 Å². The molecule has 1 aromatic rings. The van der Waals surface area contributed by atoms with Gasteiger partial charge in [0.15, 0.2) is 0 Å². The first-order chi connectivity index (χ1) is 8.49. The summed E-state index contributed by atoms with van der Waals surface area (Å²) in [6.45, 7) is 1.50. The number of aryl methyl sites for hydroxylation is 1. The van der Waals surface area contributed by atoms with Crippen molar-refractivity contribution in [1.29, 1.82) is 0 Å². The predicted molar refractivity (Wildman–Crippen MR) is 66.5 cm³/mol. The third-order valence-corrected chi connectivity index (χ3v) is 5.23. The summed E-state index contributed by atoms with van der Waals surface area (Å²) >= 11 is 0. The second-order valence-electron chi connectivity index (χ2n) is 4.96. The van der Waals surface area contributed by atoms with Crippen LogP contribution in [0, 0.1) is 6.92 Å². The molecule has 0 saturated heterocycles. The maximum Gasteiger partial charge on any atom is 0.244 e. The quantitative estimate of drug-likeness (QED) is 0.752. The predicted octanol–water partition coefficient (Wildman–Crippen LogP) is 0.692. The molecule has 1 fully saturated rings. The smallest absolute Gasteiger partial charge is 0.244 e. The van der Waals surface area contributed by atoms with Crippen LogP contribution in [-0.2, 0) is 10.0 Å². The van der Waals surface area contributed by atoms with Crippen LogP contribution in [0.2, 0.25) is 0 Å². The topological polar surface area (TPSA) is 95.1 Å². The number of aromatic nitrogens is 2. The van der Waals surface area contributed by atoms with Crippen LogP contribution in [0.25, 0.3) is 0 Å². The minimum absolute atomic E-state index is 0.154. The number of H-pyrrole nitrogens is 1. The number of sulfonamides is 1. The molecule has 1 aliphatic carbocycles. The standard InChI is InChI=1S/C11H19N3O3S/c1-9-10(7-12-13-9)18(16,17)14-11(8-15)5-3-2-4-6-11/h7,14-15H,2-6,8H2,1H3,(H,12,13). The van der Waals surface area contributed by atoms with Gasteiger partial charge >= 0.3 is 0 Å². The molecule has 18 heavy (non-hydrogen) atoms. The molecule has 6 nitrogen and oxygen atoms in total. The van der Waals surface area contributed by atoms with Gasteiger partial charge < -0.3 is 5.11 Å². The Morgan fingerprint density at radius 2 is 2.11 bits per heavy atom. The highest BCUT2D eigenvalue weighted by atomic mass is 32.2. The highest BCUT2D eigenvalue weighted by molar-refractivity contribution is 7.89. The fourth-order valence-corrected chi connectivity index (χ4v) is 4.06. The molecule has 0 bridgehead atoms. The zero-order chi connectivity index (χ0) is 13.2. The molecule has 1 saturated carbocycles. The number of aromatic amines is 1. The fourth-order valence-electron chi connectivity index (χ4n) is 2.47. The second kappa shape index (κ2) is 4.99. The maximum atomic E-state index is 12.3. The van der Waals surface area contributed by atoms with Gasteiger partial charge in [-0.15, -0.1) is 0 Å². The van der Waals surface area contributed by atoms with E-state index < -0.39 is 15.6 Å². The maximum absolute atomic E-state index is 12.3. The molecule has 0 radical (unpaired) electrons. The minimum Gasteiger partial charge on any atom is -0.394 e. The molecule has 102 valence electrons. The third kappa shape index (κ3) is 2.57. The molecule has 0 atom stereocenters. The number of hydrogen-bond donors (Lipinski definition) is 3. The fraction of sp³-hybridized carbons (Fsp3) is 0.727. The van der Waals surface area contributed by atoms with Gasteiger partial charge in [-0.2, -0.15) is 5.10 Å². The number of aliphatic hydroxyl groups is 1. The van der Waals surface area contributed by atoms with Gasteiger partial charge in [-0.05, 0) is 19.8 Å². The molecule has 0 unspecified atom stereocenters. The Kier molecular flexibility index (Phi) is 3.74. The number of hydrogen-bond acceptors (Lipinski definition) is 4. The normalized spacial score (nSPS) is 19.9. The SMILES string of the molecule is Cc1[nH]ncc1S(=O)(=O)NC1(CO)CCCCC1. The van der Waals surface area contributed by atoms with Gasteiger partial charge in [0.2, 0.25) is 10.0 Å². The van der Waals surface area contributed by atoms with E-state index in [0.29, 0.717) is 18.5 Å². The molecular formula is C11H19N3O3S. The lowest BCUT2D eigenvalue weighted by atomic mass is 9.83. The van der Waals surface area contributed by atoms with Crippen molar-refractivity contribution in [3.05, 3.63) is 11.9 Å². The third-order valence-electron chi connectivity index (χ3n) is 3.54. The van der Waals surface area contributed by atoms with Gasteiger partial charge in [0, 0.05) is 0 Å². The van der Waals surface area contributed by atoms with E-state index in [2.05, 4.69) is 14.9 Å². The van der Waals surface area contributed by atoms with Crippen LogP contribution in [0.15, 0.2) is 11.1 Å². The van der Waals surface area contributed by atoms with Crippen molar-refractivity contribution in [2.75, 3.05) is 6.61 Å². The summed E-state index contributed by atoms with van der Waals surface area (Å²) in [5, 5.41) is 15.9. The summed E-state index contributed by atoms with van der Waals surface area (Å²) in [4.78, 5) is 0.154. The van der Waals surface area contributed by atoms with Gasteiger partial charge in [0.1, 0.15) is 4.90 Å². The zero-order valence-corrected chi connectivity index (χ0v) is 11.3. The summed E-state index contributed by atoms with van der Waals surface area (Å²) < 4.78 is 27.2. The molecule has 2 rings (SSSR count). The zero-order valence-electron chi connectivity index (χ0n) is 10.4. The van der Waals surface area contributed by atoms with Crippen LogP contribution in [0.3, 0.4) is 0 Å². The molecular weight excluding hydrogens is 254 g/mol. The van der Waals surface area contributed by atoms with Gasteiger partial charge in [-0.3, -0.25) is 5.10 Å². The molecule has 1 aromatic heterocycles. The summed E-state index contributed by atoms with van der Waals surface area (Å²) in [5.74, 6) is 0. The molecule has 3 N–H and O–H groups in total. The summed E-state index contributed by atoms with van der Waals surface area (Å²) in [5.41, 5.74) is -0.202. The molecule has 0 amide bonds. The van der Waals surface area contributed by atoms with Crippen LogP contribution >= 0.6 is 0 Å². The lowest BCUT2D eigenvalue weighted by Crippen LogP contribution is -2.52. The van der Waals surface area contributed by atoms with Crippen LogP contribution in [0.4, 0.5) is 0 Å². The van der Waals surface area contributed by atoms with Gasteiger partial charge in [0.05, 0.1) is 24.0 Å². The average molecular weight is 273 g/mol. The molecule has 1 aliphatic rings. The van der Waals surface area contributed by atoms with Crippen molar-refractivity contribution in [3.8, 4) is 0 Å². The number of rotatable bonds is 4. The van der Waals surface area contributed by atoms with E-state index in [9.17, 15) is 13.5 Å². The van der Waals surface area contributed by atoms with Gasteiger partial charge in [-0.1, -0.05) is 19.3 Å². The highest BCUT2D eigenvalue weighted by Gasteiger charge is 2.36. The van der Waals surface area contributed by atoms with Crippen molar-refractivity contribution >= 4 is 10.0 Å². The number of nitrogens with zero attached hydrogens (tertiary/aromatic N) is 1. The number of nitrogens with one attached hydrogen (secondary N) is 2. The lowest BCUT2D eigenvalue weighted by Gasteiger charge is -2.35. The van der Waals surface area contributed by atoms with E-state index in [4.69, 9.17) is 0 Å². The van der Waals surface area contributed by atoms with Crippen molar-refractivity contribution in [3.63, 3.8) is 0 Å². The van der Waals surface area contributed by atoms with Crippen LogP contribution < -0.4 is 4.72 Å². The largest absolute Gasteiger partial charge is 0.394 e. The first kappa shape index (κ1) is 13.5. The molecule has 7 heteroatoms. The van der Waals surface area contributed by atoms with E-state index >= 15 is 0 Å². The van der Waals surface area contributed by atoms with Crippen molar-refractivity contribution in [2.24, 2.45) is 0 Å². The first-order valence-corrected chi connectivity index (χ1v) is 7.62. The summed E-state index contributed by atoms with van der Waals surface area (Å²) in [6, 6.07) is 0. The van der Waals surface area contributed by atoms with E-state index in [1.807, 2.05) is 0 Å². The van der Waals surface area contributed by atoms with Crippen LogP contribution in [0.5, 0.6) is 0 Å².